The zero-order valence-corrected chi connectivity index (χ0v) is 10.5. The minimum atomic E-state index is -1.10. The van der Waals surface area contributed by atoms with Crippen LogP contribution in [0.4, 0.5) is 0 Å². The summed E-state index contributed by atoms with van der Waals surface area (Å²) in [6, 6.07) is 9.62. The van der Waals surface area contributed by atoms with Gasteiger partial charge >= 0.3 is 11.9 Å². The first kappa shape index (κ1) is 14.3. The number of aliphatic carboxylic acids is 2. The van der Waals surface area contributed by atoms with Gasteiger partial charge in [-0.1, -0.05) is 42.5 Å². The van der Waals surface area contributed by atoms with Gasteiger partial charge in [-0.3, -0.25) is 9.59 Å². The third kappa shape index (κ3) is 5.54. The SMILES string of the molecule is O=C(O)C[C@H](SC/C=C\c1ccccc1)C(=O)O. The molecule has 1 aromatic carbocycles. The maximum Gasteiger partial charge on any atom is 0.317 e. The van der Waals surface area contributed by atoms with Gasteiger partial charge in [0, 0.05) is 5.75 Å². The fraction of sp³-hybridized carbons (Fsp3) is 0.231. The first-order chi connectivity index (χ1) is 8.59. The first-order valence-electron chi connectivity index (χ1n) is 5.37. The Morgan fingerprint density at radius 3 is 2.44 bits per heavy atom. The van der Waals surface area contributed by atoms with Crippen LogP contribution in [0.1, 0.15) is 12.0 Å². The predicted molar refractivity (Wildman–Crippen MR) is 71.6 cm³/mol. The summed E-state index contributed by atoms with van der Waals surface area (Å²) in [5, 5.41) is 16.5. The van der Waals surface area contributed by atoms with Crippen molar-refractivity contribution in [3.8, 4) is 0 Å². The van der Waals surface area contributed by atoms with Crippen LogP contribution in [0.25, 0.3) is 6.08 Å². The number of hydrogen-bond acceptors (Lipinski definition) is 3. The molecular weight excluding hydrogens is 252 g/mol. The van der Waals surface area contributed by atoms with Crippen LogP contribution in [0.15, 0.2) is 36.4 Å². The zero-order valence-electron chi connectivity index (χ0n) is 9.65. The van der Waals surface area contributed by atoms with Crippen LogP contribution in [-0.2, 0) is 9.59 Å². The number of carbonyl (C=O) groups is 2. The molecule has 0 radical (unpaired) electrons. The summed E-state index contributed by atoms with van der Waals surface area (Å²) < 4.78 is 0. The van der Waals surface area contributed by atoms with E-state index >= 15 is 0 Å². The van der Waals surface area contributed by atoms with Gasteiger partial charge in [-0.2, -0.15) is 0 Å². The number of carboxylic acid groups (broad SMARTS) is 2. The lowest BCUT2D eigenvalue weighted by Crippen LogP contribution is -2.20. The molecule has 0 fully saturated rings. The molecule has 96 valence electrons. The molecule has 0 aliphatic heterocycles. The lowest BCUT2D eigenvalue weighted by atomic mass is 10.2. The van der Waals surface area contributed by atoms with E-state index in [4.69, 9.17) is 10.2 Å². The van der Waals surface area contributed by atoms with Crippen molar-refractivity contribution in [2.45, 2.75) is 11.7 Å². The van der Waals surface area contributed by atoms with Crippen LogP contribution in [0.5, 0.6) is 0 Å². The summed E-state index contributed by atoms with van der Waals surface area (Å²) in [5.41, 5.74) is 1.03. The van der Waals surface area contributed by atoms with Crippen molar-refractivity contribution in [1.82, 2.24) is 0 Å². The second-order valence-corrected chi connectivity index (χ2v) is 4.81. The lowest BCUT2D eigenvalue weighted by molar-refractivity contribution is -0.142. The van der Waals surface area contributed by atoms with E-state index in [-0.39, 0.29) is 6.42 Å². The number of carboxylic acids is 2. The van der Waals surface area contributed by atoms with E-state index < -0.39 is 17.2 Å². The van der Waals surface area contributed by atoms with Gasteiger partial charge in [0.15, 0.2) is 0 Å². The second kappa shape index (κ2) is 7.55. The van der Waals surface area contributed by atoms with Crippen molar-refractivity contribution >= 4 is 29.8 Å². The largest absolute Gasteiger partial charge is 0.481 e. The Morgan fingerprint density at radius 1 is 1.22 bits per heavy atom. The van der Waals surface area contributed by atoms with Crippen molar-refractivity contribution in [3.05, 3.63) is 42.0 Å². The van der Waals surface area contributed by atoms with E-state index in [1.165, 1.54) is 0 Å². The van der Waals surface area contributed by atoms with Gasteiger partial charge in [0.2, 0.25) is 0 Å². The molecule has 0 saturated heterocycles. The standard InChI is InChI=1S/C13H14O4S/c14-12(15)9-11(13(16)17)18-8-4-7-10-5-2-1-3-6-10/h1-7,11H,8-9H2,(H,14,15)(H,16,17)/b7-4-/t11-/m0/s1. The van der Waals surface area contributed by atoms with Gasteiger partial charge in [0.1, 0.15) is 5.25 Å². The molecule has 0 saturated carbocycles. The smallest absolute Gasteiger partial charge is 0.317 e. The molecule has 0 aliphatic rings. The maximum atomic E-state index is 10.8. The monoisotopic (exact) mass is 266 g/mol. The summed E-state index contributed by atoms with van der Waals surface area (Å²) in [4.78, 5) is 21.3. The predicted octanol–water partition coefficient (Wildman–Crippen LogP) is 2.36. The number of rotatable bonds is 7. The summed E-state index contributed by atoms with van der Waals surface area (Å²) in [6.07, 6.45) is 3.35. The number of thioether (sulfide) groups is 1. The molecule has 18 heavy (non-hydrogen) atoms. The summed E-state index contributed by atoms with van der Waals surface area (Å²) in [6.45, 7) is 0. The van der Waals surface area contributed by atoms with Crippen molar-refractivity contribution in [3.63, 3.8) is 0 Å². The summed E-state index contributed by atoms with van der Waals surface area (Å²) in [7, 11) is 0. The van der Waals surface area contributed by atoms with Crippen molar-refractivity contribution in [1.29, 1.82) is 0 Å². The van der Waals surface area contributed by atoms with E-state index in [1.54, 1.807) is 0 Å². The van der Waals surface area contributed by atoms with Gasteiger partial charge < -0.3 is 10.2 Å². The topological polar surface area (TPSA) is 74.6 Å². The Labute approximate surface area is 109 Å². The van der Waals surface area contributed by atoms with Crippen LogP contribution < -0.4 is 0 Å². The highest BCUT2D eigenvalue weighted by atomic mass is 32.2. The van der Waals surface area contributed by atoms with E-state index in [2.05, 4.69) is 0 Å². The molecular formula is C13H14O4S. The molecule has 0 bridgehead atoms. The molecule has 5 heteroatoms. The van der Waals surface area contributed by atoms with Gasteiger partial charge in [-0.05, 0) is 5.56 Å². The van der Waals surface area contributed by atoms with E-state index in [9.17, 15) is 9.59 Å². The molecule has 0 heterocycles. The highest BCUT2D eigenvalue weighted by Gasteiger charge is 2.20. The molecule has 0 aromatic heterocycles. The molecule has 0 amide bonds. The molecule has 0 aliphatic carbocycles. The average molecular weight is 266 g/mol. The Morgan fingerprint density at radius 2 is 1.89 bits per heavy atom. The molecule has 2 N–H and O–H groups in total. The van der Waals surface area contributed by atoms with E-state index in [0.29, 0.717) is 5.75 Å². The molecule has 0 spiro atoms. The third-order valence-electron chi connectivity index (χ3n) is 2.14. The molecule has 1 atom stereocenters. The Hall–Kier alpha value is -1.75. The minimum Gasteiger partial charge on any atom is -0.481 e. The van der Waals surface area contributed by atoms with Crippen LogP contribution in [0.3, 0.4) is 0 Å². The van der Waals surface area contributed by atoms with Crippen molar-refractivity contribution in [2.24, 2.45) is 0 Å². The van der Waals surface area contributed by atoms with Gasteiger partial charge in [-0.25, -0.2) is 0 Å². The fourth-order valence-electron chi connectivity index (χ4n) is 1.30. The Kier molecular flexibility index (Phi) is 6.00. The Bertz CT molecular complexity index is 428. The highest BCUT2D eigenvalue weighted by molar-refractivity contribution is 8.00. The highest BCUT2D eigenvalue weighted by Crippen LogP contribution is 2.16. The Balaban J connectivity index is 2.41. The molecule has 1 rings (SSSR count). The number of benzene rings is 1. The summed E-state index contributed by atoms with van der Waals surface area (Å²) in [5.74, 6) is -1.71. The lowest BCUT2D eigenvalue weighted by Gasteiger charge is -2.07. The van der Waals surface area contributed by atoms with Gasteiger partial charge in [0.05, 0.1) is 6.42 Å². The fourth-order valence-corrected chi connectivity index (χ4v) is 2.14. The van der Waals surface area contributed by atoms with E-state index in [0.717, 1.165) is 17.3 Å². The second-order valence-electron chi connectivity index (χ2n) is 3.57. The van der Waals surface area contributed by atoms with Crippen LogP contribution in [0, 0.1) is 0 Å². The van der Waals surface area contributed by atoms with Crippen molar-refractivity contribution in [2.75, 3.05) is 5.75 Å². The molecule has 0 unspecified atom stereocenters. The van der Waals surface area contributed by atoms with Crippen molar-refractivity contribution < 1.29 is 19.8 Å². The maximum absolute atomic E-state index is 10.8. The normalized spacial score (nSPS) is 12.4. The summed E-state index contributed by atoms with van der Waals surface area (Å²) >= 11 is 1.11. The minimum absolute atomic E-state index is 0.362. The average Bonchev–Trinajstić information content (AvgIpc) is 2.33. The zero-order chi connectivity index (χ0) is 13.4. The van der Waals surface area contributed by atoms with E-state index in [1.807, 2.05) is 42.5 Å². The number of hydrogen-bond donors (Lipinski definition) is 2. The van der Waals surface area contributed by atoms with Crippen LogP contribution in [0.2, 0.25) is 0 Å². The van der Waals surface area contributed by atoms with Gasteiger partial charge in [0.25, 0.3) is 0 Å². The van der Waals surface area contributed by atoms with Gasteiger partial charge in [-0.15, -0.1) is 11.8 Å². The third-order valence-corrected chi connectivity index (χ3v) is 3.29. The van der Waals surface area contributed by atoms with Crippen LogP contribution >= 0.6 is 11.8 Å². The van der Waals surface area contributed by atoms with Crippen LogP contribution in [-0.4, -0.2) is 33.2 Å². The first-order valence-corrected chi connectivity index (χ1v) is 6.42. The quantitative estimate of drug-likeness (QED) is 0.792. The molecule has 4 nitrogen and oxygen atoms in total. The molecule has 1 aromatic rings.